The molecule has 1 aliphatic heterocycles. The number of nitro groups is 1. The Balaban J connectivity index is 2.28. The Labute approximate surface area is 125 Å². The molecule has 0 radical (unpaired) electrons. The van der Waals surface area contributed by atoms with Gasteiger partial charge >= 0.3 is 0 Å². The van der Waals surface area contributed by atoms with E-state index in [0.717, 1.165) is 0 Å². The van der Waals surface area contributed by atoms with E-state index >= 15 is 0 Å². The zero-order chi connectivity index (χ0) is 14.9. The molecule has 0 aliphatic carbocycles. The van der Waals surface area contributed by atoms with Crippen LogP contribution in [0.25, 0.3) is 0 Å². The summed E-state index contributed by atoms with van der Waals surface area (Å²) < 4.78 is 6.14. The van der Waals surface area contributed by atoms with E-state index in [1.807, 2.05) is 13.8 Å². The number of carbonyl (C=O) groups excluding carboxylic acids is 1. The molecule has 0 saturated carbocycles. The van der Waals surface area contributed by atoms with Gasteiger partial charge in [-0.3, -0.25) is 14.9 Å². The molecule has 1 aliphatic rings. The minimum atomic E-state index is -0.506. The van der Waals surface area contributed by atoms with Crippen LogP contribution < -0.4 is 0 Å². The van der Waals surface area contributed by atoms with E-state index in [1.165, 1.54) is 18.2 Å². The van der Waals surface area contributed by atoms with E-state index in [-0.39, 0.29) is 23.8 Å². The number of morpholine rings is 1. The summed E-state index contributed by atoms with van der Waals surface area (Å²) in [5.41, 5.74) is 0.214. The molecule has 1 saturated heterocycles. The number of carbonyl (C=O) groups is 1. The monoisotopic (exact) mass is 342 g/mol. The Morgan fingerprint density at radius 1 is 1.40 bits per heavy atom. The van der Waals surface area contributed by atoms with Gasteiger partial charge in [0.25, 0.3) is 11.6 Å². The normalized spacial score (nSPS) is 22.6. The van der Waals surface area contributed by atoms with Crippen LogP contribution in [0, 0.1) is 10.1 Å². The highest BCUT2D eigenvalue weighted by atomic mass is 79.9. The fraction of sp³-hybridized carbons (Fsp3) is 0.462. The smallest absolute Gasteiger partial charge is 0.270 e. The lowest BCUT2D eigenvalue weighted by molar-refractivity contribution is -0.384. The largest absolute Gasteiger partial charge is 0.372 e. The molecule has 6 nitrogen and oxygen atoms in total. The van der Waals surface area contributed by atoms with E-state index in [2.05, 4.69) is 15.9 Å². The van der Waals surface area contributed by atoms with Crippen LogP contribution in [-0.2, 0) is 4.74 Å². The lowest BCUT2D eigenvalue weighted by Gasteiger charge is -2.35. The number of hydrogen-bond acceptors (Lipinski definition) is 4. The van der Waals surface area contributed by atoms with Crippen molar-refractivity contribution in [2.75, 3.05) is 13.1 Å². The van der Waals surface area contributed by atoms with Gasteiger partial charge in [-0.15, -0.1) is 0 Å². The molecular formula is C13H15BrN2O4. The number of rotatable bonds is 2. The molecule has 1 aromatic rings. The van der Waals surface area contributed by atoms with Crippen LogP contribution in [0.15, 0.2) is 22.7 Å². The van der Waals surface area contributed by atoms with Crippen LogP contribution in [-0.4, -0.2) is 41.0 Å². The summed E-state index contributed by atoms with van der Waals surface area (Å²) in [5, 5.41) is 10.8. The van der Waals surface area contributed by atoms with E-state index in [0.29, 0.717) is 23.1 Å². The molecule has 2 atom stereocenters. The average Bonchev–Trinajstić information content (AvgIpc) is 2.37. The van der Waals surface area contributed by atoms with Gasteiger partial charge in [-0.25, -0.2) is 0 Å². The molecule has 20 heavy (non-hydrogen) atoms. The Bertz CT molecular complexity index is 539. The zero-order valence-corrected chi connectivity index (χ0v) is 12.8. The van der Waals surface area contributed by atoms with Crippen LogP contribution >= 0.6 is 15.9 Å². The second-order valence-corrected chi connectivity index (χ2v) is 5.74. The number of hydrogen-bond donors (Lipinski definition) is 0. The van der Waals surface area contributed by atoms with Crippen molar-refractivity contribution in [1.29, 1.82) is 0 Å². The van der Waals surface area contributed by atoms with Gasteiger partial charge in [-0.2, -0.15) is 0 Å². The van der Waals surface area contributed by atoms with Crippen molar-refractivity contribution >= 4 is 27.5 Å². The molecule has 1 amide bonds. The molecule has 0 aromatic heterocycles. The molecule has 1 aromatic carbocycles. The van der Waals surface area contributed by atoms with Crippen molar-refractivity contribution in [3.8, 4) is 0 Å². The second kappa shape index (κ2) is 5.88. The molecule has 1 heterocycles. The maximum Gasteiger partial charge on any atom is 0.270 e. The first kappa shape index (κ1) is 14.9. The minimum Gasteiger partial charge on any atom is -0.372 e. The van der Waals surface area contributed by atoms with Gasteiger partial charge in [0.1, 0.15) is 0 Å². The third-order valence-corrected chi connectivity index (χ3v) is 3.79. The minimum absolute atomic E-state index is 0.0415. The predicted octanol–water partition coefficient (Wildman–Crippen LogP) is 2.61. The fourth-order valence-electron chi connectivity index (χ4n) is 2.30. The van der Waals surface area contributed by atoms with Gasteiger partial charge in [-0.1, -0.05) is 0 Å². The summed E-state index contributed by atoms with van der Waals surface area (Å²) in [6.07, 6.45) is -0.0830. The number of non-ortho nitro benzene ring substituents is 1. The molecule has 7 heteroatoms. The third kappa shape index (κ3) is 3.16. The third-order valence-electron chi connectivity index (χ3n) is 3.10. The van der Waals surface area contributed by atoms with Crippen molar-refractivity contribution in [3.05, 3.63) is 38.3 Å². The van der Waals surface area contributed by atoms with E-state index < -0.39 is 4.92 Å². The van der Waals surface area contributed by atoms with Crippen LogP contribution in [0.2, 0.25) is 0 Å². The summed E-state index contributed by atoms with van der Waals surface area (Å²) in [6.45, 7) is 4.77. The molecule has 1 fully saturated rings. The molecule has 0 spiro atoms. The quantitative estimate of drug-likeness (QED) is 0.611. The predicted molar refractivity (Wildman–Crippen MR) is 76.7 cm³/mol. The first-order valence-corrected chi connectivity index (χ1v) is 7.06. The summed E-state index contributed by atoms with van der Waals surface area (Å²) in [7, 11) is 0. The first-order valence-electron chi connectivity index (χ1n) is 6.27. The summed E-state index contributed by atoms with van der Waals surface area (Å²) in [4.78, 5) is 24.5. The lowest BCUT2D eigenvalue weighted by Crippen LogP contribution is -2.48. The van der Waals surface area contributed by atoms with Crippen molar-refractivity contribution in [2.45, 2.75) is 26.1 Å². The van der Waals surface area contributed by atoms with Crippen molar-refractivity contribution in [3.63, 3.8) is 0 Å². The highest BCUT2D eigenvalue weighted by Gasteiger charge is 2.28. The van der Waals surface area contributed by atoms with E-state index in [1.54, 1.807) is 4.90 Å². The number of ether oxygens (including phenoxy) is 1. The van der Waals surface area contributed by atoms with Gasteiger partial charge in [0.15, 0.2) is 0 Å². The van der Waals surface area contributed by atoms with Gasteiger partial charge in [-0.05, 0) is 35.8 Å². The van der Waals surface area contributed by atoms with Crippen molar-refractivity contribution in [1.82, 2.24) is 4.90 Å². The van der Waals surface area contributed by atoms with Gasteiger partial charge in [0.2, 0.25) is 0 Å². The standard InChI is InChI=1S/C13H15BrN2O4/c1-8-6-15(7-9(2)20-8)13(17)11-5-10(16(18)19)3-4-12(11)14/h3-5,8-9H,6-7H2,1-2H3/t8-,9+. The first-order chi connectivity index (χ1) is 9.38. The second-order valence-electron chi connectivity index (χ2n) is 4.89. The summed E-state index contributed by atoms with van der Waals surface area (Å²) in [6, 6.07) is 4.20. The van der Waals surface area contributed by atoms with Crippen LogP contribution in [0.1, 0.15) is 24.2 Å². The van der Waals surface area contributed by atoms with Gasteiger partial charge in [0.05, 0.1) is 22.7 Å². The number of nitrogens with zero attached hydrogens (tertiary/aromatic N) is 2. The molecule has 2 rings (SSSR count). The number of nitro benzene ring substituents is 1. The molecule has 0 bridgehead atoms. The Hall–Kier alpha value is -1.47. The van der Waals surface area contributed by atoms with Crippen LogP contribution in [0.4, 0.5) is 5.69 Å². The average molecular weight is 343 g/mol. The highest BCUT2D eigenvalue weighted by Crippen LogP contribution is 2.25. The topological polar surface area (TPSA) is 72.7 Å². The van der Waals surface area contributed by atoms with Gasteiger partial charge in [0, 0.05) is 29.7 Å². The maximum absolute atomic E-state index is 12.5. The summed E-state index contributed by atoms with van der Waals surface area (Å²) in [5.74, 6) is -0.220. The lowest BCUT2D eigenvalue weighted by atomic mass is 10.1. The van der Waals surface area contributed by atoms with Crippen molar-refractivity contribution in [2.24, 2.45) is 0 Å². The van der Waals surface area contributed by atoms with Crippen LogP contribution in [0.3, 0.4) is 0 Å². The molecule has 0 unspecified atom stereocenters. The van der Waals surface area contributed by atoms with Crippen molar-refractivity contribution < 1.29 is 14.5 Å². The number of halogens is 1. The Kier molecular flexibility index (Phi) is 4.39. The number of amides is 1. The SMILES string of the molecule is C[C@@H]1CN(C(=O)c2cc([N+](=O)[O-])ccc2Br)C[C@H](C)O1. The van der Waals surface area contributed by atoms with E-state index in [9.17, 15) is 14.9 Å². The zero-order valence-electron chi connectivity index (χ0n) is 11.2. The molecular weight excluding hydrogens is 328 g/mol. The summed E-state index contributed by atoms with van der Waals surface area (Å²) >= 11 is 3.28. The van der Waals surface area contributed by atoms with Crippen LogP contribution in [0.5, 0.6) is 0 Å². The Morgan fingerprint density at radius 3 is 2.55 bits per heavy atom. The van der Waals surface area contributed by atoms with Gasteiger partial charge < -0.3 is 9.64 Å². The molecule has 0 N–H and O–H groups in total. The maximum atomic E-state index is 12.5. The highest BCUT2D eigenvalue weighted by molar-refractivity contribution is 9.10. The molecule has 108 valence electrons. The Morgan fingerprint density at radius 2 is 2.00 bits per heavy atom. The fourth-order valence-corrected chi connectivity index (χ4v) is 2.72. The number of benzene rings is 1. The van der Waals surface area contributed by atoms with E-state index in [4.69, 9.17) is 4.74 Å².